The Morgan fingerprint density at radius 2 is 2.00 bits per heavy atom. The van der Waals surface area contributed by atoms with E-state index in [1.54, 1.807) is 12.1 Å². The molecule has 0 saturated heterocycles. The van der Waals surface area contributed by atoms with E-state index < -0.39 is 12.7 Å². The molecule has 0 aliphatic rings. The Bertz CT molecular complexity index is 557. The third-order valence-corrected chi connectivity index (χ3v) is 3.21. The molecule has 5 heteroatoms. The summed E-state index contributed by atoms with van der Waals surface area (Å²) in [5.41, 5.74) is 7.46. The van der Waals surface area contributed by atoms with E-state index in [4.69, 9.17) is 5.73 Å². The van der Waals surface area contributed by atoms with Gasteiger partial charge >= 0.3 is 6.18 Å². The summed E-state index contributed by atoms with van der Waals surface area (Å²) in [4.78, 5) is 0. The van der Waals surface area contributed by atoms with Gasteiger partial charge in [0, 0.05) is 17.8 Å². The number of nitrogens with two attached hydrogens (primary N) is 1. The number of fused-ring (bicyclic) bond motifs is 1. The zero-order valence-corrected chi connectivity index (χ0v) is 10.7. The van der Waals surface area contributed by atoms with Gasteiger partial charge in [-0.15, -0.1) is 0 Å². The van der Waals surface area contributed by atoms with E-state index in [0.29, 0.717) is 11.9 Å². The molecule has 0 aliphatic carbocycles. The van der Waals surface area contributed by atoms with Crippen LogP contribution in [0.25, 0.3) is 10.9 Å². The van der Waals surface area contributed by atoms with Crippen LogP contribution < -0.4 is 5.73 Å². The van der Waals surface area contributed by atoms with Crippen LogP contribution in [0, 0.1) is 0 Å². The number of nitrogens with zero attached hydrogens (tertiary/aromatic N) is 1. The smallest absolute Gasteiger partial charge is 0.338 e. The average molecular weight is 270 g/mol. The van der Waals surface area contributed by atoms with Crippen molar-refractivity contribution < 1.29 is 13.2 Å². The Morgan fingerprint density at radius 1 is 1.26 bits per heavy atom. The number of benzene rings is 1. The van der Waals surface area contributed by atoms with Crippen molar-refractivity contribution in [3.8, 4) is 0 Å². The van der Waals surface area contributed by atoms with Gasteiger partial charge < -0.3 is 10.3 Å². The molecule has 0 saturated carbocycles. The van der Waals surface area contributed by atoms with Gasteiger partial charge in [-0.25, -0.2) is 0 Å². The van der Waals surface area contributed by atoms with Crippen LogP contribution in [-0.4, -0.2) is 16.8 Å². The predicted molar refractivity (Wildman–Crippen MR) is 70.0 cm³/mol. The average Bonchev–Trinajstić information content (AvgIpc) is 2.70. The number of rotatable bonds is 4. The third-order valence-electron chi connectivity index (χ3n) is 3.21. The summed E-state index contributed by atoms with van der Waals surface area (Å²) >= 11 is 0. The third kappa shape index (κ3) is 3.50. The molecule has 2 nitrogen and oxygen atoms in total. The van der Waals surface area contributed by atoms with Crippen LogP contribution in [-0.2, 0) is 13.0 Å². The van der Waals surface area contributed by atoms with Crippen molar-refractivity contribution in [2.75, 3.05) is 0 Å². The molecule has 2 N–H and O–H groups in total. The van der Waals surface area contributed by atoms with E-state index in [1.165, 1.54) is 10.8 Å². The summed E-state index contributed by atoms with van der Waals surface area (Å²) in [5.74, 6) is 0. The zero-order valence-electron chi connectivity index (χ0n) is 10.7. The van der Waals surface area contributed by atoms with Crippen molar-refractivity contribution in [1.29, 1.82) is 0 Å². The maximum Gasteiger partial charge on any atom is 0.406 e. The Morgan fingerprint density at radius 3 is 2.63 bits per heavy atom. The second kappa shape index (κ2) is 5.25. The molecule has 0 amide bonds. The molecule has 0 bridgehead atoms. The summed E-state index contributed by atoms with van der Waals surface area (Å²) in [6.45, 7) is 1.04. The highest BCUT2D eigenvalue weighted by Crippen LogP contribution is 2.24. The lowest BCUT2D eigenvalue weighted by molar-refractivity contribution is -0.139. The molecule has 1 atom stereocenters. The number of alkyl halides is 3. The summed E-state index contributed by atoms with van der Waals surface area (Å²) in [6.07, 6.45) is -1.20. The van der Waals surface area contributed by atoms with Gasteiger partial charge in [-0.05, 0) is 35.9 Å². The second-order valence-electron chi connectivity index (χ2n) is 4.82. The molecule has 0 spiro atoms. The minimum atomic E-state index is -4.21. The summed E-state index contributed by atoms with van der Waals surface area (Å²) < 4.78 is 38.6. The molecule has 1 unspecified atom stereocenters. The molecule has 1 aromatic heterocycles. The first-order valence-electron chi connectivity index (χ1n) is 6.29. The molecule has 2 aromatic rings. The van der Waals surface area contributed by atoms with E-state index in [-0.39, 0.29) is 6.04 Å². The van der Waals surface area contributed by atoms with Gasteiger partial charge in [-0.2, -0.15) is 13.2 Å². The highest BCUT2D eigenvalue weighted by Gasteiger charge is 2.28. The van der Waals surface area contributed by atoms with Crippen LogP contribution in [0.15, 0.2) is 30.5 Å². The van der Waals surface area contributed by atoms with E-state index >= 15 is 0 Å². The minimum absolute atomic E-state index is 0.0449. The molecular formula is C14H17F3N2. The number of hydrogen-bond acceptors (Lipinski definition) is 1. The lowest BCUT2D eigenvalue weighted by Gasteiger charge is -2.11. The normalized spacial score (nSPS) is 13.9. The van der Waals surface area contributed by atoms with Gasteiger partial charge in [0.2, 0.25) is 0 Å². The van der Waals surface area contributed by atoms with Crippen LogP contribution in [0.3, 0.4) is 0 Å². The number of hydrogen-bond donors (Lipinski definition) is 1. The first-order valence-corrected chi connectivity index (χ1v) is 6.29. The standard InChI is InChI=1S/C14H17F3N2/c1-2-12(18)7-10-3-4-11-5-6-19(13(11)8-10)9-14(15,16)17/h3-6,8,12H,2,7,9,18H2,1H3. The van der Waals surface area contributed by atoms with Crippen molar-refractivity contribution in [3.05, 3.63) is 36.0 Å². The maximum absolute atomic E-state index is 12.5. The molecular weight excluding hydrogens is 253 g/mol. The Labute approximate surface area is 110 Å². The van der Waals surface area contributed by atoms with Gasteiger partial charge in [0.05, 0.1) is 0 Å². The Balaban J connectivity index is 2.32. The monoisotopic (exact) mass is 270 g/mol. The van der Waals surface area contributed by atoms with Crippen molar-refractivity contribution in [3.63, 3.8) is 0 Å². The summed E-state index contributed by atoms with van der Waals surface area (Å²) in [6, 6.07) is 7.32. The van der Waals surface area contributed by atoms with Crippen LogP contribution in [0.4, 0.5) is 13.2 Å². The zero-order chi connectivity index (χ0) is 14.0. The fourth-order valence-electron chi connectivity index (χ4n) is 2.13. The van der Waals surface area contributed by atoms with Gasteiger partial charge in [0.15, 0.2) is 0 Å². The van der Waals surface area contributed by atoms with Crippen molar-refractivity contribution >= 4 is 10.9 Å². The topological polar surface area (TPSA) is 30.9 Å². The SMILES string of the molecule is CCC(N)Cc1ccc2ccn(CC(F)(F)F)c2c1. The molecule has 19 heavy (non-hydrogen) atoms. The lowest BCUT2D eigenvalue weighted by atomic mass is 10.0. The minimum Gasteiger partial charge on any atom is -0.338 e. The van der Waals surface area contributed by atoms with E-state index in [2.05, 4.69) is 0 Å². The molecule has 2 rings (SSSR count). The summed E-state index contributed by atoms with van der Waals surface area (Å²) in [7, 11) is 0. The fraction of sp³-hybridized carbons (Fsp3) is 0.429. The largest absolute Gasteiger partial charge is 0.406 e. The molecule has 104 valence electrons. The summed E-state index contributed by atoms with van der Waals surface area (Å²) in [5, 5.41) is 0.818. The highest BCUT2D eigenvalue weighted by molar-refractivity contribution is 5.80. The predicted octanol–water partition coefficient (Wildman–Crippen LogP) is 3.48. The van der Waals surface area contributed by atoms with Gasteiger partial charge in [0.25, 0.3) is 0 Å². The van der Waals surface area contributed by atoms with Crippen molar-refractivity contribution in [2.24, 2.45) is 5.73 Å². The lowest BCUT2D eigenvalue weighted by Crippen LogP contribution is -2.21. The number of halogens is 3. The Hall–Kier alpha value is -1.49. The van der Waals surface area contributed by atoms with Gasteiger partial charge in [0.1, 0.15) is 6.54 Å². The Kier molecular flexibility index (Phi) is 3.85. The quantitative estimate of drug-likeness (QED) is 0.906. The van der Waals surface area contributed by atoms with Gasteiger partial charge in [-0.3, -0.25) is 0 Å². The van der Waals surface area contributed by atoms with Crippen LogP contribution in [0.2, 0.25) is 0 Å². The number of aromatic nitrogens is 1. The van der Waals surface area contributed by atoms with E-state index in [1.807, 2.05) is 19.1 Å². The van der Waals surface area contributed by atoms with E-state index in [9.17, 15) is 13.2 Å². The van der Waals surface area contributed by atoms with Crippen molar-refractivity contribution in [1.82, 2.24) is 4.57 Å². The van der Waals surface area contributed by atoms with Crippen LogP contribution in [0.1, 0.15) is 18.9 Å². The van der Waals surface area contributed by atoms with E-state index in [0.717, 1.165) is 17.4 Å². The highest BCUT2D eigenvalue weighted by atomic mass is 19.4. The molecule has 1 heterocycles. The molecule has 1 aromatic carbocycles. The fourth-order valence-corrected chi connectivity index (χ4v) is 2.13. The molecule has 0 fully saturated rings. The van der Waals surface area contributed by atoms with Crippen LogP contribution >= 0.6 is 0 Å². The van der Waals surface area contributed by atoms with Crippen LogP contribution in [0.5, 0.6) is 0 Å². The first-order chi connectivity index (χ1) is 8.89. The molecule has 0 radical (unpaired) electrons. The maximum atomic E-state index is 12.5. The molecule has 0 aliphatic heterocycles. The van der Waals surface area contributed by atoms with Gasteiger partial charge in [-0.1, -0.05) is 19.1 Å². The first kappa shape index (κ1) is 13.9. The second-order valence-corrected chi connectivity index (χ2v) is 4.82. The van der Waals surface area contributed by atoms with Crippen molar-refractivity contribution in [2.45, 2.75) is 38.5 Å².